The van der Waals surface area contributed by atoms with Crippen molar-refractivity contribution < 1.29 is 13.9 Å². The number of aromatic nitrogens is 3. The van der Waals surface area contributed by atoms with Crippen LogP contribution in [0.1, 0.15) is 16.2 Å². The number of hydrogen-bond donors (Lipinski definition) is 0. The molecule has 1 unspecified atom stereocenters. The molecule has 3 aromatic rings. The van der Waals surface area contributed by atoms with Crippen molar-refractivity contribution in [2.75, 3.05) is 26.3 Å². The molecule has 0 aromatic carbocycles. The Bertz CT molecular complexity index is 827. The molecule has 0 bridgehead atoms. The Morgan fingerprint density at radius 1 is 1.38 bits per heavy atom. The zero-order valence-electron chi connectivity index (χ0n) is 13.2. The van der Waals surface area contributed by atoms with Gasteiger partial charge in [-0.05, 0) is 18.6 Å². The molecule has 1 amide bonds. The van der Waals surface area contributed by atoms with E-state index in [1.807, 2.05) is 18.5 Å². The highest BCUT2D eigenvalue weighted by molar-refractivity contribution is 5.91. The largest absolute Gasteiger partial charge is 0.438 e. The van der Waals surface area contributed by atoms with Crippen molar-refractivity contribution in [2.45, 2.75) is 6.42 Å². The molecule has 1 atom stereocenters. The molecule has 0 saturated carbocycles. The van der Waals surface area contributed by atoms with E-state index in [4.69, 9.17) is 9.15 Å². The maximum Gasteiger partial charge on any atom is 0.291 e. The van der Waals surface area contributed by atoms with E-state index >= 15 is 0 Å². The lowest BCUT2D eigenvalue weighted by atomic mass is 10.0. The second-order valence-electron chi connectivity index (χ2n) is 5.94. The Balaban J connectivity index is 1.52. The van der Waals surface area contributed by atoms with Gasteiger partial charge in [0.05, 0.1) is 30.6 Å². The SMILES string of the molecule is O=C(c1cnco1)N1CCOCC(Cc2nccn3cccc23)C1. The molecule has 1 fully saturated rings. The molecule has 0 radical (unpaired) electrons. The number of rotatable bonds is 3. The van der Waals surface area contributed by atoms with Crippen molar-refractivity contribution in [3.8, 4) is 0 Å². The monoisotopic (exact) mass is 326 g/mol. The molecule has 24 heavy (non-hydrogen) atoms. The Labute approximate surface area is 138 Å². The molecule has 7 nitrogen and oxygen atoms in total. The van der Waals surface area contributed by atoms with Crippen LogP contribution < -0.4 is 0 Å². The Morgan fingerprint density at radius 2 is 2.33 bits per heavy atom. The molecular formula is C17H18N4O3. The van der Waals surface area contributed by atoms with Crippen LogP contribution in [0.3, 0.4) is 0 Å². The van der Waals surface area contributed by atoms with E-state index in [0.717, 1.165) is 17.6 Å². The third-order valence-electron chi connectivity index (χ3n) is 4.28. The predicted molar refractivity (Wildman–Crippen MR) is 85.6 cm³/mol. The summed E-state index contributed by atoms with van der Waals surface area (Å²) < 4.78 is 12.9. The first kappa shape index (κ1) is 14.9. The summed E-state index contributed by atoms with van der Waals surface area (Å²) in [6, 6.07) is 4.06. The summed E-state index contributed by atoms with van der Waals surface area (Å²) in [7, 11) is 0. The third-order valence-corrected chi connectivity index (χ3v) is 4.28. The minimum absolute atomic E-state index is 0.142. The number of nitrogens with zero attached hydrogens (tertiary/aromatic N) is 4. The minimum Gasteiger partial charge on any atom is -0.438 e. The molecule has 4 rings (SSSR count). The fraction of sp³-hybridized carbons (Fsp3) is 0.353. The zero-order valence-corrected chi connectivity index (χ0v) is 13.2. The van der Waals surface area contributed by atoms with Gasteiger partial charge in [-0.3, -0.25) is 9.78 Å². The van der Waals surface area contributed by atoms with Gasteiger partial charge in [0.25, 0.3) is 5.91 Å². The first-order chi connectivity index (χ1) is 11.8. The van der Waals surface area contributed by atoms with Gasteiger partial charge in [-0.15, -0.1) is 0 Å². The summed E-state index contributed by atoms with van der Waals surface area (Å²) in [6.07, 6.45) is 9.22. The quantitative estimate of drug-likeness (QED) is 0.732. The highest BCUT2D eigenvalue weighted by Crippen LogP contribution is 2.18. The predicted octanol–water partition coefficient (Wildman–Crippen LogP) is 1.65. The van der Waals surface area contributed by atoms with Crippen LogP contribution in [-0.4, -0.2) is 51.5 Å². The lowest BCUT2D eigenvalue weighted by Crippen LogP contribution is -2.36. The topological polar surface area (TPSA) is 72.9 Å². The van der Waals surface area contributed by atoms with E-state index in [-0.39, 0.29) is 17.6 Å². The van der Waals surface area contributed by atoms with Crippen LogP contribution in [0.25, 0.3) is 5.52 Å². The standard InChI is InChI=1S/C17H18N4O3/c22-17(16-9-18-12-24-16)21-6-7-23-11-13(10-21)8-14-15-2-1-4-20(15)5-3-19-14/h1-5,9,12-13H,6-8,10-11H2. The number of oxazole rings is 1. The van der Waals surface area contributed by atoms with E-state index in [1.165, 1.54) is 12.6 Å². The van der Waals surface area contributed by atoms with Crippen LogP contribution in [0.15, 0.2) is 47.7 Å². The molecule has 124 valence electrons. The minimum atomic E-state index is -0.142. The van der Waals surface area contributed by atoms with Crippen molar-refractivity contribution in [3.63, 3.8) is 0 Å². The first-order valence-corrected chi connectivity index (χ1v) is 7.97. The van der Waals surface area contributed by atoms with Gasteiger partial charge in [0.1, 0.15) is 0 Å². The van der Waals surface area contributed by atoms with Crippen LogP contribution in [-0.2, 0) is 11.2 Å². The average molecular weight is 326 g/mol. The van der Waals surface area contributed by atoms with Gasteiger partial charge in [-0.25, -0.2) is 4.98 Å². The van der Waals surface area contributed by atoms with Gasteiger partial charge >= 0.3 is 0 Å². The fourth-order valence-corrected chi connectivity index (χ4v) is 3.13. The number of fused-ring (bicyclic) bond motifs is 1. The van der Waals surface area contributed by atoms with Crippen molar-refractivity contribution in [1.82, 2.24) is 19.3 Å². The fourth-order valence-electron chi connectivity index (χ4n) is 3.13. The van der Waals surface area contributed by atoms with E-state index in [0.29, 0.717) is 26.3 Å². The van der Waals surface area contributed by atoms with Gasteiger partial charge in [0.2, 0.25) is 5.76 Å². The molecule has 7 heteroatoms. The number of hydrogen-bond acceptors (Lipinski definition) is 5. The highest BCUT2D eigenvalue weighted by Gasteiger charge is 2.26. The van der Waals surface area contributed by atoms with Gasteiger partial charge in [0, 0.05) is 37.6 Å². The normalized spacial score (nSPS) is 18.7. The second kappa shape index (κ2) is 6.45. The molecule has 0 N–H and O–H groups in total. The molecule has 0 spiro atoms. The maximum atomic E-state index is 12.5. The number of ether oxygens (including phenoxy) is 1. The number of carbonyl (C=O) groups excluding carboxylic acids is 1. The van der Waals surface area contributed by atoms with Crippen LogP contribution in [0.4, 0.5) is 0 Å². The van der Waals surface area contributed by atoms with E-state index in [1.54, 1.807) is 11.1 Å². The van der Waals surface area contributed by atoms with Crippen molar-refractivity contribution in [1.29, 1.82) is 0 Å². The van der Waals surface area contributed by atoms with Crippen LogP contribution in [0.2, 0.25) is 0 Å². The summed E-state index contributed by atoms with van der Waals surface area (Å²) in [5.41, 5.74) is 2.11. The van der Waals surface area contributed by atoms with Gasteiger partial charge in [-0.1, -0.05) is 0 Å². The molecule has 1 aliphatic rings. The summed E-state index contributed by atoms with van der Waals surface area (Å²) in [5.74, 6) is 0.312. The lowest BCUT2D eigenvalue weighted by Gasteiger charge is -2.22. The molecule has 1 saturated heterocycles. The molecule has 0 aliphatic carbocycles. The van der Waals surface area contributed by atoms with Crippen molar-refractivity contribution >= 4 is 11.4 Å². The van der Waals surface area contributed by atoms with E-state index in [2.05, 4.69) is 20.4 Å². The zero-order chi connectivity index (χ0) is 16.4. The summed E-state index contributed by atoms with van der Waals surface area (Å²) in [5, 5.41) is 0. The number of carbonyl (C=O) groups is 1. The molecule has 3 aromatic heterocycles. The summed E-state index contributed by atoms with van der Waals surface area (Å²) in [4.78, 5) is 22.6. The molecule has 1 aliphatic heterocycles. The van der Waals surface area contributed by atoms with Crippen LogP contribution in [0, 0.1) is 5.92 Å². The summed E-state index contributed by atoms with van der Waals surface area (Å²) in [6.45, 7) is 2.31. The highest BCUT2D eigenvalue weighted by atomic mass is 16.5. The second-order valence-corrected chi connectivity index (χ2v) is 5.94. The Morgan fingerprint density at radius 3 is 3.21 bits per heavy atom. The number of amides is 1. The smallest absolute Gasteiger partial charge is 0.291 e. The summed E-state index contributed by atoms with van der Waals surface area (Å²) >= 11 is 0. The van der Waals surface area contributed by atoms with Gasteiger partial charge in [-0.2, -0.15) is 0 Å². The van der Waals surface area contributed by atoms with Gasteiger partial charge in [0.15, 0.2) is 6.39 Å². The van der Waals surface area contributed by atoms with E-state index < -0.39 is 0 Å². The molecular weight excluding hydrogens is 308 g/mol. The van der Waals surface area contributed by atoms with Gasteiger partial charge < -0.3 is 18.5 Å². The Kier molecular flexibility index (Phi) is 4.00. The third kappa shape index (κ3) is 2.90. The van der Waals surface area contributed by atoms with Crippen molar-refractivity contribution in [3.05, 3.63) is 54.8 Å². The Hall–Kier alpha value is -2.67. The lowest BCUT2D eigenvalue weighted by molar-refractivity contribution is 0.0705. The maximum absolute atomic E-state index is 12.5. The first-order valence-electron chi connectivity index (χ1n) is 7.97. The van der Waals surface area contributed by atoms with Crippen LogP contribution >= 0.6 is 0 Å². The molecule has 4 heterocycles. The van der Waals surface area contributed by atoms with Crippen molar-refractivity contribution in [2.24, 2.45) is 5.92 Å². The van der Waals surface area contributed by atoms with E-state index in [9.17, 15) is 4.79 Å². The average Bonchev–Trinajstić information content (AvgIpc) is 3.24. The van der Waals surface area contributed by atoms with Crippen LogP contribution in [0.5, 0.6) is 0 Å².